The van der Waals surface area contributed by atoms with E-state index in [2.05, 4.69) is 0 Å². The van der Waals surface area contributed by atoms with Crippen molar-refractivity contribution in [2.24, 2.45) is 5.41 Å². The van der Waals surface area contributed by atoms with Crippen molar-refractivity contribution in [1.29, 1.82) is 0 Å². The van der Waals surface area contributed by atoms with Crippen molar-refractivity contribution in [2.45, 2.75) is 25.7 Å². The van der Waals surface area contributed by atoms with Crippen LogP contribution in [0.1, 0.15) is 24.8 Å². The maximum absolute atomic E-state index is 11.3. The minimum absolute atomic E-state index is 0.0630. The Bertz CT molecular complexity index is 511. The van der Waals surface area contributed by atoms with Gasteiger partial charge in [0.15, 0.2) is 0 Å². The van der Waals surface area contributed by atoms with Crippen molar-refractivity contribution < 1.29 is 14.8 Å². The summed E-state index contributed by atoms with van der Waals surface area (Å²) < 4.78 is 0. The zero-order chi connectivity index (χ0) is 13.3. The van der Waals surface area contributed by atoms with Crippen molar-refractivity contribution in [3.63, 3.8) is 0 Å². The van der Waals surface area contributed by atoms with E-state index in [-0.39, 0.29) is 12.1 Å². The van der Waals surface area contributed by atoms with Gasteiger partial charge < -0.3 is 5.11 Å². The highest BCUT2D eigenvalue weighted by Gasteiger charge is 2.45. The number of nitro groups is 1. The summed E-state index contributed by atoms with van der Waals surface area (Å²) in [6.07, 6.45) is 2.14. The maximum Gasteiger partial charge on any atom is 0.309 e. The van der Waals surface area contributed by atoms with E-state index in [9.17, 15) is 20.0 Å². The maximum atomic E-state index is 11.3. The van der Waals surface area contributed by atoms with Gasteiger partial charge in [0.25, 0.3) is 5.69 Å². The fourth-order valence-corrected chi connectivity index (χ4v) is 2.50. The Balaban J connectivity index is 2.36. The Morgan fingerprint density at radius 3 is 2.61 bits per heavy atom. The molecule has 0 heterocycles. The van der Waals surface area contributed by atoms with Gasteiger partial charge in [-0.3, -0.25) is 14.9 Å². The highest BCUT2D eigenvalue weighted by Crippen LogP contribution is 2.45. The molecule has 1 aromatic rings. The van der Waals surface area contributed by atoms with Crippen LogP contribution < -0.4 is 0 Å². The summed E-state index contributed by atoms with van der Waals surface area (Å²) in [5.74, 6) is -0.886. The van der Waals surface area contributed by atoms with Crippen LogP contribution in [0.15, 0.2) is 18.2 Å². The molecule has 0 saturated heterocycles. The number of carboxylic acid groups (broad SMARTS) is 1. The molecule has 0 unspecified atom stereocenters. The average Bonchev–Trinajstić information content (AvgIpc) is 2.22. The van der Waals surface area contributed by atoms with Gasteiger partial charge in [0, 0.05) is 16.7 Å². The van der Waals surface area contributed by atoms with E-state index in [0.717, 1.165) is 6.42 Å². The van der Waals surface area contributed by atoms with Crippen LogP contribution in [0, 0.1) is 15.5 Å². The zero-order valence-corrected chi connectivity index (χ0v) is 10.3. The highest BCUT2D eigenvalue weighted by molar-refractivity contribution is 6.30. The Morgan fingerprint density at radius 2 is 2.17 bits per heavy atom. The van der Waals surface area contributed by atoms with Crippen molar-refractivity contribution in [3.8, 4) is 0 Å². The summed E-state index contributed by atoms with van der Waals surface area (Å²) in [5.41, 5.74) is -0.517. The number of carbonyl (C=O) groups is 1. The van der Waals surface area contributed by atoms with Crippen LogP contribution in [-0.2, 0) is 11.2 Å². The normalized spacial score (nSPS) is 16.9. The molecule has 0 bridgehead atoms. The highest BCUT2D eigenvalue weighted by atomic mass is 35.5. The van der Waals surface area contributed by atoms with Crippen LogP contribution in [0.2, 0.25) is 5.02 Å². The first-order chi connectivity index (χ1) is 8.44. The second kappa shape index (κ2) is 4.57. The first kappa shape index (κ1) is 12.8. The number of nitro benzene ring substituents is 1. The van der Waals surface area contributed by atoms with Gasteiger partial charge >= 0.3 is 5.97 Å². The molecule has 18 heavy (non-hydrogen) atoms. The largest absolute Gasteiger partial charge is 0.481 e. The summed E-state index contributed by atoms with van der Waals surface area (Å²) in [5, 5.41) is 20.5. The Labute approximate surface area is 109 Å². The number of rotatable bonds is 4. The molecule has 1 saturated carbocycles. The monoisotopic (exact) mass is 269 g/mol. The van der Waals surface area contributed by atoms with E-state index in [1.165, 1.54) is 18.2 Å². The van der Waals surface area contributed by atoms with Gasteiger partial charge in [-0.2, -0.15) is 0 Å². The standard InChI is InChI=1S/C12H12ClNO4/c13-9-2-3-10(14(17)18)8(6-9)7-12(11(15)16)4-1-5-12/h2-3,6H,1,4-5,7H2,(H,15,16). The molecule has 6 heteroatoms. The summed E-state index contributed by atoms with van der Waals surface area (Å²) in [4.78, 5) is 21.7. The minimum Gasteiger partial charge on any atom is -0.481 e. The number of aliphatic carboxylic acids is 1. The van der Waals surface area contributed by atoms with Gasteiger partial charge in [-0.05, 0) is 31.4 Å². The van der Waals surface area contributed by atoms with E-state index < -0.39 is 16.3 Å². The van der Waals surface area contributed by atoms with Gasteiger partial charge in [0.1, 0.15) is 0 Å². The molecular formula is C12H12ClNO4. The molecule has 0 atom stereocenters. The number of hydrogen-bond acceptors (Lipinski definition) is 3. The van der Waals surface area contributed by atoms with Gasteiger partial charge in [-0.25, -0.2) is 0 Å². The zero-order valence-electron chi connectivity index (χ0n) is 9.56. The third-order valence-corrected chi connectivity index (χ3v) is 3.77. The summed E-state index contributed by atoms with van der Waals surface area (Å²) in [7, 11) is 0. The quantitative estimate of drug-likeness (QED) is 0.673. The Kier molecular flexibility index (Phi) is 3.26. The molecule has 96 valence electrons. The van der Waals surface area contributed by atoms with Crippen molar-refractivity contribution in [3.05, 3.63) is 38.9 Å². The van der Waals surface area contributed by atoms with Crippen molar-refractivity contribution in [1.82, 2.24) is 0 Å². The van der Waals surface area contributed by atoms with Crippen LogP contribution >= 0.6 is 11.6 Å². The SMILES string of the molecule is O=C(O)C1(Cc2cc(Cl)ccc2[N+](=O)[O-])CCC1. The van der Waals surface area contributed by atoms with E-state index in [1.807, 2.05) is 0 Å². The number of nitrogens with zero attached hydrogens (tertiary/aromatic N) is 1. The fraction of sp³-hybridized carbons (Fsp3) is 0.417. The summed E-state index contributed by atoms with van der Waals surface area (Å²) in [6, 6.07) is 4.26. The van der Waals surface area contributed by atoms with Gasteiger partial charge in [0.05, 0.1) is 10.3 Å². The third-order valence-electron chi connectivity index (χ3n) is 3.53. The molecule has 2 rings (SSSR count). The molecule has 0 spiro atoms. The van der Waals surface area contributed by atoms with Gasteiger partial charge in [-0.15, -0.1) is 0 Å². The minimum atomic E-state index is -0.886. The van der Waals surface area contributed by atoms with Crippen LogP contribution in [0.5, 0.6) is 0 Å². The predicted octanol–water partition coefficient (Wildman–Crippen LogP) is 3.05. The van der Waals surface area contributed by atoms with Crippen molar-refractivity contribution in [2.75, 3.05) is 0 Å². The smallest absolute Gasteiger partial charge is 0.309 e. The van der Waals surface area contributed by atoms with Crippen molar-refractivity contribution >= 4 is 23.3 Å². The molecule has 0 radical (unpaired) electrons. The first-order valence-corrected chi connectivity index (χ1v) is 5.99. The van der Waals surface area contributed by atoms with Crippen LogP contribution in [0.4, 0.5) is 5.69 Å². The lowest BCUT2D eigenvalue weighted by Crippen LogP contribution is -2.40. The van der Waals surface area contributed by atoms with E-state index in [1.54, 1.807) is 0 Å². The molecule has 0 aliphatic heterocycles. The van der Waals surface area contributed by atoms with Gasteiger partial charge in [0.2, 0.25) is 0 Å². The van der Waals surface area contributed by atoms with E-state index in [4.69, 9.17) is 11.6 Å². The van der Waals surface area contributed by atoms with E-state index in [0.29, 0.717) is 23.4 Å². The van der Waals surface area contributed by atoms with Crippen LogP contribution in [0.3, 0.4) is 0 Å². The average molecular weight is 270 g/mol. The second-order valence-electron chi connectivity index (χ2n) is 4.65. The second-order valence-corrected chi connectivity index (χ2v) is 5.08. The molecule has 0 aromatic heterocycles. The topological polar surface area (TPSA) is 80.4 Å². The Hall–Kier alpha value is -1.62. The lowest BCUT2D eigenvalue weighted by atomic mass is 9.65. The lowest BCUT2D eigenvalue weighted by molar-refractivity contribution is -0.385. The number of carboxylic acids is 1. The predicted molar refractivity (Wildman–Crippen MR) is 65.7 cm³/mol. The molecule has 1 aromatic carbocycles. The lowest BCUT2D eigenvalue weighted by Gasteiger charge is -2.37. The Morgan fingerprint density at radius 1 is 1.50 bits per heavy atom. The molecule has 1 N–H and O–H groups in total. The van der Waals surface area contributed by atoms with Gasteiger partial charge in [-0.1, -0.05) is 18.0 Å². The summed E-state index contributed by atoms with van der Waals surface area (Å²) in [6.45, 7) is 0. The molecule has 1 fully saturated rings. The third kappa shape index (κ3) is 2.18. The molecular weight excluding hydrogens is 258 g/mol. The number of hydrogen-bond donors (Lipinski definition) is 1. The number of halogens is 1. The molecule has 5 nitrogen and oxygen atoms in total. The van der Waals surface area contributed by atoms with Crippen LogP contribution in [0.25, 0.3) is 0 Å². The number of benzene rings is 1. The molecule has 1 aliphatic rings. The molecule has 0 amide bonds. The van der Waals surface area contributed by atoms with Crippen LogP contribution in [-0.4, -0.2) is 16.0 Å². The summed E-state index contributed by atoms with van der Waals surface area (Å²) >= 11 is 5.82. The van der Waals surface area contributed by atoms with E-state index >= 15 is 0 Å². The molecule has 1 aliphatic carbocycles. The fourth-order valence-electron chi connectivity index (χ4n) is 2.31. The first-order valence-electron chi connectivity index (χ1n) is 5.61.